The van der Waals surface area contributed by atoms with E-state index in [1.807, 2.05) is 0 Å². The maximum atomic E-state index is 11.3. The summed E-state index contributed by atoms with van der Waals surface area (Å²) >= 11 is 0. The number of carbonyl (C=O) groups is 3. The number of carbonyl (C=O) groups excluding carboxylic acids is 2. The summed E-state index contributed by atoms with van der Waals surface area (Å²) in [5.41, 5.74) is 0. The van der Waals surface area contributed by atoms with E-state index in [0.29, 0.717) is 13.0 Å². The fourth-order valence-electron chi connectivity index (χ4n) is 1.40. The third kappa shape index (κ3) is 4.27. The summed E-state index contributed by atoms with van der Waals surface area (Å²) in [6.07, 6.45) is -0.337. The van der Waals surface area contributed by atoms with Crippen molar-refractivity contribution in [3.05, 3.63) is 0 Å². The fraction of sp³-hybridized carbons (Fsp3) is 0.667. The topological polar surface area (TPSA) is 128 Å². The van der Waals surface area contributed by atoms with E-state index in [4.69, 9.17) is 10.2 Å². The van der Waals surface area contributed by atoms with Crippen molar-refractivity contribution in [3.63, 3.8) is 0 Å². The Bertz CT molecular complexity index is 320. The molecule has 1 unspecified atom stereocenters. The number of amides is 3. The van der Waals surface area contributed by atoms with Crippen LogP contribution in [-0.4, -0.2) is 53.4 Å². The van der Waals surface area contributed by atoms with Gasteiger partial charge in [-0.2, -0.15) is 0 Å². The van der Waals surface area contributed by atoms with Gasteiger partial charge in [-0.1, -0.05) is 0 Å². The molecule has 1 saturated heterocycles. The van der Waals surface area contributed by atoms with Crippen molar-refractivity contribution in [2.75, 3.05) is 13.1 Å². The number of aliphatic hydroxyl groups excluding tert-OH is 1. The number of hydrogen-bond donors (Lipinski definition) is 5. The Morgan fingerprint density at radius 2 is 2.24 bits per heavy atom. The van der Waals surface area contributed by atoms with E-state index in [1.54, 1.807) is 0 Å². The van der Waals surface area contributed by atoms with Gasteiger partial charge in [-0.15, -0.1) is 0 Å². The predicted molar refractivity (Wildman–Crippen MR) is 56.2 cm³/mol. The Morgan fingerprint density at radius 1 is 1.53 bits per heavy atom. The highest BCUT2D eigenvalue weighted by Crippen LogP contribution is 2.02. The minimum absolute atomic E-state index is 0.259. The van der Waals surface area contributed by atoms with E-state index in [1.165, 1.54) is 0 Å². The lowest BCUT2D eigenvalue weighted by Crippen LogP contribution is -2.53. The van der Waals surface area contributed by atoms with Crippen molar-refractivity contribution in [1.29, 1.82) is 0 Å². The highest BCUT2D eigenvalue weighted by atomic mass is 16.4. The largest absolute Gasteiger partial charge is 0.479 e. The van der Waals surface area contributed by atoms with E-state index in [2.05, 4.69) is 16.0 Å². The smallest absolute Gasteiger partial charge is 0.334 e. The van der Waals surface area contributed by atoms with Crippen molar-refractivity contribution >= 4 is 17.9 Å². The highest BCUT2D eigenvalue weighted by Gasteiger charge is 2.23. The van der Waals surface area contributed by atoms with Crippen LogP contribution in [0.25, 0.3) is 0 Å². The van der Waals surface area contributed by atoms with Crippen LogP contribution in [0.4, 0.5) is 4.79 Å². The summed E-state index contributed by atoms with van der Waals surface area (Å²) in [7, 11) is 0. The molecule has 1 aliphatic heterocycles. The monoisotopic (exact) mass is 245 g/mol. The molecule has 1 heterocycles. The maximum Gasteiger partial charge on any atom is 0.334 e. The van der Waals surface area contributed by atoms with E-state index >= 15 is 0 Å². The van der Waals surface area contributed by atoms with E-state index in [-0.39, 0.29) is 5.91 Å². The zero-order valence-electron chi connectivity index (χ0n) is 9.10. The average Bonchev–Trinajstić information content (AvgIpc) is 2.29. The number of urea groups is 1. The molecule has 1 fully saturated rings. The number of piperidine rings is 1. The molecule has 0 bridgehead atoms. The van der Waals surface area contributed by atoms with Crippen LogP contribution in [0.5, 0.6) is 0 Å². The SMILES string of the molecule is O=C(NC[C@H](O)C(=O)O)NC1CCCNC1=O. The van der Waals surface area contributed by atoms with Gasteiger partial charge in [0.1, 0.15) is 6.04 Å². The molecule has 8 nitrogen and oxygen atoms in total. The molecule has 3 amide bonds. The number of hydrogen-bond acceptors (Lipinski definition) is 4. The van der Waals surface area contributed by atoms with Crippen LogP contribution in [0.15, 0.2) is 0 Å². The molecule has 5 N–H and O–H groups in total. The first kappa shape index (κ1) is 13.2. The lowest BCUT2D eigenvalue weighted by Gasteiger charge is -2.22. The number of carboxylic acid groups (broad SMARTS) is 1. The molecule has 17 heavy (non-hydrogen) atoms. The Labute approximate surface area is 97.4 Å². The lowest BCUT2D eigenvalue weighted by atomic mass is 10.1. The fourth-order valence-corrected chi connectivity index (χ4v) is 1.40. The first-order chi connectivity index (χ1) is 8.00. The summed E-state index contributed by atoms with van der Waals surface area (Å²) < 4.78 is 0. The van der Waals surface area contributed by atoms with Crippen LogP contribution in [0, 0.1) is 0 Å². The molecule has 0 radical (unpaired) electrons. The number of aliphatic hydroxyl groups is 1. The zero-order valence-corrected chi connectivity index (χ0v) is 9.10. The minimum atomic E-state index is -1.65. The summed E-state index contributed by atoms with van der Waals surface area (Å²) in [4.78, 5) is 32.8. The van der Waals surface area contributed by atoms with Gasteiger partial charge in [-0.3, -0.25) is 4.79 Å². The number of nitrogens with one attached hydrogen (secondary N) is 3. The molecular weight excluding hydrogens is 230 g/mol. The Balaban J connectivity index is 2.29. The van der Waals surface area contributed by atoms with Crippen molar-refractivity contribution in [2.45, 2.75) is 25.0 Å². The summed E-state index contributed by atoms with van der Waals surface area (Å²) in [6.45, 7) is 0.186. The van der Waals surface area contributed by atoms with E-state index in [9.17, 15) is 14.4 Å². The Morgan fingerprint density at radius 3 is 2.82 bits per heavy atom. The molecule has 0 aliphatic carbocycles. The number of aliphatic carboxylic acids is 1. The molecule has 2 atom stereocenters. The normalized spacial score (nSPS) is 21.2. The Hall–Kier alpha value is -1.83. The lowest BCUT2D eigenvalue weighted by molar-refractivity contribution is -0.146. The van der Waals surface area contributed by atoms with Crippen LogP contribution in [0.2, 0.25) is 0 Å². The van der Waals surface area contributed by atoms with Crippen LogP contribution in [0.3, 0.4) is 0 Å². The highest BCUT2D eigenvalue weighted by molar-refractivity contribution is 5.87. The number of carboxylic acids is 1. The van der Waals surface area contributed by atoms with E-state index < -0.39 is 30.7 Å². The van der Waals surface area contributed by atoms with Gasteiger partial charge in [0.2, 0.25) is 5.91 Å². The van der Waals surface area contributed by atoms with Crippen LogP contribution in [-0.2, 0) is 9.59 Å². The second-order valence-corrected chi connectivity index (χ2v) is 3.69. The van der Waals surface area contributed by atoms with Crippen LogP contribution >= 0.6 is 0 Å². The molecule has 0 aromatic heterocycles. The third-order valence-electron chi connectivity index (χ3n) is 2.33. The number of rotatable bonds is 4. The van der Waals surface area contributed by atoms with Crippen molar-refractivity contribution in [1.82, 2.24) is 16.0 Å². The Kier molecular flexibility index (Phi) is 4.70. The first-order valence-electron chi connectivity index (χ1n) is 5.23. The summed E-state index contributed by atoms with van der Waals surface area (Å²) in [6, 6.07) is -1.28. The second-order valence-electron chi connectivity index (χ2n) is 3.69. The minimum Gasteiger partial charge on any atom is -0.479 e. The second kappa shape index (κ2) is 6.04. The molecule has 1 rings (SSSR count). The zero-order chi connectivity index (χ0) is 12.8. The average molecular weight is 245 g/mol. The van der Waals surface area contributed by atoms with Crippen molar-refractivity contribution in [2.24, 2.45) is 0 Å². The van der Waals surface area contributed by atoms with Gasteiger partial charge in [0.25, 0.3) is 0 Å². The van der Waals surface area contributed by atoms with Crippen molar-refractivity contribution < 1.29 is 24.6 Å². The molecular formula is C9H15N3O5. The molecule has 0 spiro atoms. The van der Waals surface area contributed by atoms with Gasteiger partial charge in [-0.05, 0) is 12.8 Å². The van der Waals surface area contributed by atoms with Gasteiger partial charge in [0, 0.05) is 6.54 Å². The molecule has 1 aliphatic rings. The third-order valence-corrected chi connectivity index (χ3v) is 2.33. The molecule has 0 aromatic rings. The predicted octanol–water partition coefficient (Wildman–Crippen LogP) is -1.99. The first-order valence-corrected chi connectivity index (χ1v) is 5.23. The standard InChI is InChI=1S/C9H15N3O5/c13-6(8(15)16)4-11-9(17)12-5-2-1-3-10-7(5)14/h5-6,13H,1-4H2,(H,10,14)(H,15,16)(H2,11,12,17)/t5?,6-/m0/s1. The van der Waals surface area contributed by atoms with Gasteiger partial charge < -0.3 is 26.2 Å². The summed E-state index contributed by atoms with van der Waals surface area (Å²) in [5.74, 6) is -1.68. The molecule has 96 valence electrons. The molecule has 0 aromatic carbocycles. The van der Waals surface area contributed by atoms with Crippen LogP contribution in [0.1, 0.15) is 12.8 Å². The van der Waals surface area contributed by atoms with Crippen LogP contribution < -0.4 is 16.0 Å². The van der Waals surface area contributed by atoms with Gasteiger partial charge in [0.05, 0.1) is 6.54 Å². The van der Waals surface area contributed by atoms with Crippen molar-refractivity contribution in [3.8, 4) is 0 Å². The maximum absolute atomic E-state index is 11.3. The van der Waals surface area contributed by atoms with Gasteiger partial charge >= 0.3 is 12.0 Å². The van der Waals surface area contributed by atoms with Gasteiger partial charge in [0.15, 0.2) is 6.10 Å². The molecule has 8 heteroatoms. The molecule has 0 saturated carbocycles. The quantitative estimate of drug-likeness (QED) is 0.392. The van der Waals surface area contributed by atoms with Gasteiger partial charge in [-0.25, -0.2) is 9.59 Å². The summed E-state index contributed by atoms with van der Waals surface area (Å²) in [5, 5.41) is 24.4. The van der Waals surface area contributed by atoms with E-state index in [0.717, 1.165) is 6.42 Å².